The first-order valence-electron chi connectivity index (χ1n) is 10.6. The van der Waals surface area contributed by atoms with Crippen LogP contribution in [-0.2, 0) is 0 Å². The molecule has 0 saturated heterocycles. The average Bonchev–Trinajstić information content (AvgIpc) is 3.13. The van der Waals surface area contributed by atoms with Gasteiger partial charge in [-0.15, -0.1) is 0 Å². The predicted molar refractivity (Wildman–Crippen MR) is 130 cm³/mol. The third kappa shape index (κ3) is 4.13. The van der Waals surface area contributed by atoms with Crippen LogP contribution in [0.25, 0.3) is 0 Å². The van der Waals surface area contributed by atoms with Gasteiger partial charge in [0.1, 0.15) is 17.2 Å². The first-order valence-corrected chi connectivity index (χ1v) is 10.6. The number of imide groups is 1. The molecule has 0 atom stereocenters. The molecule has 0 unspecified atom stereocenters. The lowest BCUT2D eigenvalue weighted by atomic mass is 10.1. The Morgan fingerprint density at radius 3 is 2.09 bits per heavy atom. The monoisotopic (exact) mass is 445 g/mol. The van der Waals surface area contributed by atoms with Gasteiger partial charge in [0.2, 0.25) is 0 Å². The Kier molecular flexibility index (Phi) is 5.55. The van der Waals surface area contributed by atoms with E-state index in [9.17, 15) is 9.59 Å². The maximum atomic E-state index is 13.1. The summed E-state index contributed by atoms with van der Waals surface area (Å²) in [5.74, 6) is 7.29. The van der Waals surface area contributed by atoms with E-state index in [1.807, 2.05) is 48.5 Å². The summed E-state index contributed by atoms with van der Waals surface area (Å²) in [7, 11) is 1.59. The predicted octanol–water partition coefficient (Wildman–Crippen LogP) is 5.69. The summed E-state index contributed by atoms with van der Waals surface area (Å²) >= 11 is 0. The second-order valence-corrected chi connectivity index (χ2v) is 7.60. The number of amides is 2. The highest BCUT2D eigenvalue weighted by atomic mass is 16.5. The number of hydrogen-bond acceptors (Lipinski definition) is 4. The molecule has 0 aromatic heterocycles. The highest BCUT2D eigenvalue weighted by Crippen LogP contribution is 2.31. The van der Waals surface area contributed by atoms with Gasteiger partial charge in [0, 0.05) is 17.2 Å². The summed E-state index contributed by atoms with van der Waals surface area (Å²) < 4.78 is 11.1. The van der Waals surface area contributed by atoms with Gasteiger partial charge in [0.15, 0.2) is 0 Å². The standard InChI is InChI=1S/C29H19NO4/c1-33-24-8-5-9-25(19-24)34-23-15-13-22(14-16-23)30-28(31)26-17-12-21(18-27(26)29(30)32)11-10-20-6-3-2-4-7-20/h2-9,12-19H,1H3. The molecule has 0 radical (unpaired) electrons. The van der Waals surface area contributed by atoms with Crippen molar-refractivity contribution in [1.82, 2.24) is 0 Å². The maximum absolute atomic E-state index is 13.1. The second-order valence-electron chi connectivity index (χ2n) is 7.60. The summed E-state index contributed by atoms with van der Waals surface area (Å²) in [6, 6.07) is 28.7. The normalized spacial score (nSPS) is 12.1. The second kappa shape index (κ2) is 8.97. The molecule has 0 saturated carbocycles. The van der Waals surface area contributed by atoms with Crippen LogP contribution in [0.15, 0.2) is 97.1 Å². The number of fused-ring (bicyclic) bond motifs is 1. The molecule has 0 spiro atoms. The molecule has 0 aliphatic carbocycles. The van der Waals surface area contributed by atoms with Crippen molar-refractivity contribution < 1.29 is 19.1 Å². The van der Waals surface area contributed by atoms with Crippen LogP contribution in [0.3, 0.4) is 0 Å². The Morgan fingerprint density at radius 2 is 1.32 bits per heavy atom. The molecular formula is C29H19NO4. The summed E-state index contributed by atoms with van der Waals surface area (Å²) in [6.45, 7) is 0. The smallest absolute Gasteiger partial charge is 0.266 e. The van der Waals surface area contributed by atoms with Crippen LogP contribution < -0.4 is 14.4 Å². The molecule has 0 N–H and O–H groups in total. The van der Waals surface area contributed by atoms with Gasteiger partial charge in [0.25, 0.3) is 11.8 Å². The molecule has 5 rings (SSSR count). The van der Waals surface area contributed by atoms with E-state index < -0.39 is 0 Å². The van der Waals surface area contributed by atoms with Gasteiger partial charge in [-0.3, -0.25) is 9.59 Å². The lowest BCUT2D eigenvalue weighted by Crippen LogP contribution is -2.29. The molecule has 1 aliphatic heterocycles. The zero-order valence-corrected chi connectivity index (χ0v) is 18.3. The van der Waals surface area contributed by atoms with E-state index in [0.717, 1.165) is 5.56 Å². The molecule has 5 nitrogen and oxygen atoms in total. The van der Waals surface area contributed by atoms with Gasteiger partial charge in [-0.05, 0) is 66.7 Å². The summed E-state index contributed by atoms with van der Waals surface area (Å²) in [5, 5.41) is 0. The van der Waals surface area contributed by atoms with Gasteiger partial charge >= 0.3 is 0 Å². The van der Waals surface area contributed by atoms with Crippen molar-refractivity contribution >= 4 is 17.5 Å². The molecule has 1 aliphatic rings. The zero-order valence-electron chi connectivity index (χ0n) is 18.3. The molecule has 0 fully saturated rings. The number of rotatable bonds is 4. The topological polar surface area (TPSA) is 55.8 Å². The first-order chi connectivity index (χ1) is 16.6. The van der Waals surface area contributed by atoms with E-state index in [4.69, 9.17) is 9.47 Å². The molecule has 1 heterocycles. The number of nitrogens with zero attached hydrogens (tertiary/aromatic N) is 1. The molecule has 5 heteroatoms. The molecular weight excluding hydrogens is 426 g/mol. The van der Waals surface area contributed by atoms with Gasteiger partial charge in [-0.1, -0.05) is 36.1 Å². The van der Waals surface area contributed by atoms with Gasteiger partial charge in [-0.25, -0.2) is 4.90 Å². The molecule has 164 valence electrons. The highest BCUT2D eigenvalue weighted by molar-refractivity contribution is 6.34. The largest absolute Gasteiger partial charge is 0.497 e. The van der Waals surface area contributed by atoms with Gasteiger partial charge in [-0.2, -0.15) is 0 Å². The van der Waals surface area contributed by atoms with Gasteiger partial charge in [0.05, 0.1) is 23.9 Å². The Hall–Kier alpha value is -4.82. The van der Waals surface area contributed by atoms with E-state index >= 15 is 0 Å². The lowest BCUT2D eigenvalue weighted by molar-refractivity contribution is 0.0926. The number of methoxy groups -OCH3 is 1. The highest BCUT2D eigenvalue weighted by Gasteiger charge is 2.36. The Bertz CT molecular complexity index is 1450. The van der Waals surface area contributed by atoms with Crippen molar-refractivity contribution in [3.05, 3.63) is 119 Å². The number of carbonyl (C=O) groups is 2. The number of benzene rings is 4. The van der Waals surface area contributed by atoms with Crippen LogP contribution in [0, 0.1) is 11.8 Å². The molecule has 4 aromatic rings. The number of hydrogen-bond donors (Lipinski definition) is 0. The third-order valence-corrected chi connectivity index (χ3v) is 5.38. The fourth-order valence-corrected chi connectivity index (χ4v) is 3.68. The third-order valence-electron chi connectivity index (χ3n) is 5.38. The molecule has 2 amide bonds. The van der Waals surface area contributed by atoms with Crippen LogP contribution in [-0.4, -0.2) is 18.9 Å². The summed E-state index contributed by atoms with van der Waals surface area (Å²) in [4.78, 5) is 27.2. The van der Waals surface area contributed by atoms with Crippen molar-refractivity contribution in [3.63, 3.8) is 0 Å². The van der Waals surface area contributed by atoms with E-state index in [-0.39, 0.29) is 11.8 Å². The van der Waals surface area contributed by atoms with E-state index in [1.165, 1.54) is 4.90 Å². The average molecular weight is 445 g/mol. The summed E-state index contributed by atoms with van der Waals surface area (Å²) in [5.41, 5.74) is 2.74. The number of ether oxygens (including phenoxy) is 2. The minimum absolute atomic E-state index is 0.349. The molecule has 4 aromatic carbocycles. The van der Waals surface area contributed by atoms with Gasteiger partial charge < -0.3 is 9.47 Å². The van der Waals surface area contributed by atoms with E-state index in [0.29, 0.717) is 39.6 Å². The maximum Gasteiger partial charge on any atom is 0.266 e. The van der Waals surface area contributed by atoms with E-state index in [2.05, 4.69) is 11.8 Å². The molecule has 0 bridgehead atoms. The summed E-state index contributed by atoms with van der Waals surface area (Å²) in [6.07, 6.45) is 0. The Labute approximate surface area is 197 Å². The quantitative estimate of drug-likeness (QED) is 0.299. The SMILES string of the molecule is COc1cccc(Oc2ccc(N3C(=O)c4ccc(C#Cc5ccccc5)cc4C3=O)cc2)c1. The fourth-order valence-electron chi connectivity index (χ4n) is 3.68. The number of carbonyl (C=O) groups excluding carboxylic acids is 2. The number of anilines is 1. The van der Waals surface area contributed by atoms with Crippen LogP contribution in [0.5, 0.6) is 17.2 Å². The van der Waals surface area contributed by atoms with Crippen molar-refractivity contribution in [1.29, 1.82) is 0 Å². The zero-order chi connectivity index (χ0) is 23.5. The minimum Gasteiger partial charge on any atom is -0.497 e. The van der Waals surface area contributed by atoms with Crippen molar-refractivity contribution in [2.45, 2.75) is 0 Å². The molecule has 34 heavy (non-hydrogen) atoms. The Balaban J connectivity index is 1.36. The van der Waals surface area contributed by atoms with Crippen molar-refractivity contribution in [3.8, 4) is 29.1 Å². The van der Waals surface area contributed by atoms with Crippen molar-refractivity contribution in [2.75, 3.05) is 12.0 Å². The van der Waals surface area contributed by atoms with Crippen molar-refractivity contribution in [2.24, 2.45) is 0 Å². The Morgan fingerprint density at radius 1 is 0.618 bits per heavy atom. The lowest BCUT2D eigenvalue weighted by Gasteiger charge is -2.14. The minimum atomic E-state index is -0.371. The first kappa shape index (κ1) is 21.0. The van der Waals surface area contributed by atoms with Crippen LogP contribution >= 0.6 is 0 Å². The fraction of sp³-hybridized carbons (Fsp3) is 0.0345. The van der Waals surface area contributed by atoms with Crippen LogP contribution in [0.1, 0.15) is 31.8 Å². The van der Waals surface area contributed by atoms with E-state index in [1.54, 1.807) is 55.6 Å². The van der Waals surface area contributed by atoms with Crippen LogP contribution in [0.2, 0.25) is 0 Å². The van der Waals surface area contributed by atoms with Crippen LogP contribution in [0.4, 0.5) is 5.69 Å².